The van der Waals surface area contributed by atoms with Gasteiger partial charge in [0.2, 0.25) is 6.79 Å². The molecule has 180 valence electrons. The van der Waals surface area contributed by atoms with Gasteiger partial charge in [0.1, 0.15) is 5.82 Å². The fourth-order valence-electron chi connectivity index (χ4n) is 4.13. The summed E-state index contributed by atoms with van der Waals surface area (Å²) in [6, 6.07) is 2.60. The number of carbonyl (C=O) groups excluding carboxylic acids is 1. The van der Waals surface area contributed by atoms with Gasteiger partial charge >= 0.3 is 11.7 Å². The van der Waals surface area contributed by atoms with Gasteiger partial charge in [-0.3, -0.25) is 24.0 Å². The summed E-state index contributed by atoms with van der Waals surface area (Å²) in [5.74, 6) is -1.31. The Labute approximate surface area is 193 Å². The predicted molar refractivity (Wildman–Crippen MR) is 120 cm³/mol. The number of aromatic nitrogens is 2. The summed E-state index contributed by atoms with van der Waals surface area (Å²) in [5, 5.41) is 15.0. The van der Waals surface area contributed by atoms with Gasteiger partial charge in [-0.05, 0) is 18.9 Å². The van der Waals surface area contributed by atoms with Crippen LogP contribution in [0.5, 0.6) is 11.5 Å². The lowest BCUT2D eigenvalue weighted by Crippen LogP contribution is -2.43. The quantitative estimate of drug-likeness (QED) is 0.391. The van der Waals surface area contributed by atoms with E-state index in [2.05, 4.69) is 5.32 Å². The van der Waals surface area contributed by atoms with Gasteiger partial charge in [-0.15, -0.1) is 0 Å². The lowest BCUT2D eigenvalue weighted by atomic mass is 9.81. The molecule has 12 nitrogen and oxygen atoms in total. The number of rotatable bonds is 5. The first-order valence-electron chi connectivity index (χ1n) is 10.6. The lowest BCUT2D eigenvalue weighted by Gasteiger charge is -2.30. The average Bonchev–Trinajstić information content (AvgIpc) is 3.25. The fraction of sp³-hybridized carbons (Fsp3) is 0.409. The van der Waals surface area contributed by atoms with E-state index in [0.29, 0.717) is 5.70 Å². The number of anilines is 1. The molecule has 2 aliphatic heterocycles. The van der Waals surface area contributed by atoms with E-state index in [-0.39, 0.29) is 59.0 Å². The van der Waals surface area contributed by atoms with Crippen LogP contribution in [0.15, 0.2) is 33.0 Å². The zero-order valence-electron chi connectivity index (χ0n) is 19.3. The molecule has 1 aromatic heterocycles. The van der Waals surface area contributed by atoms with Crippen molar-refractivity contribution in [3.05, 3.63) is 65.5 Å². The standard InChI is InChI=1S/C22H24N4O8/c1-10(2)8-32-21(28)16-11(3)23-19-18(20(27)25(5)22(29)24(19)4)17(16)12-6-14-15(34-9-33-14)7-13(12)26(30)31/h6-7,10,17,23H,8-9H2,1-5H3. The van der Waals surface area contributed by atoms with Crippen molar-refractivity contribution >= 4 is 17.5 Å². The first kappa shape index (κ1) is 23.1. The van der Waals surface area contributed by atoms with Crippen LogP contribution in [0, 0.1) is 16.0 Å². The van der Waals surface area contributed by atoms with Crippen LogP contribution in [-0.2, 0) is 23.6 Å². The van der Waals surface area contributed by atoms with Gasteiger partial charge in [-0.1, -0.05) is 13.8 Å². The predicted octanol–water partition coefficient (Wildman–Crippen LogP) is 1.75. The number of benzene rings is 1. The van der Waals surface area contributed by atoms with Crippen LogP contribution in [0.1, 0.15) is 37.8 Å². The Morgan fingerprint density at radius 3 is 2.50 bits per heavy atom. The Morgan fingerprint density at radius 1 is 1.24 bits per heavy atom. The van der Waals surface area contributed by atoms with Crippen molar-refractivity contribution in [3.8, 4) is 11.5 Å². The lowest BCUT2D eigenvalue weighted by molar-refractivity contribution is -0.385. The minimum atomic E-state index is -1.20. The summed E-state index contributed by atoms with van der Waals surface area (Å²) < 4.78 is 18.3. The highest BCUT2D eigenvalue weighted by Crippen LogP contribution is 2.47. The van der Waals surface area contributed by atoms with Crippen LogP contribution in [0.2, 0.25) is 0 Å². The Morgan fingerprint density at radius 2 is 1.88 bits per heavy atom. The summed E-state index contributed by atoms with van der Waals surface area (Å²) in [7, 11) is 2.77. The van der Waals surface area contributed by atoms with Gasteiger partial charge in [-0.25, -0.2) is 9.59 Å². The van der Waals surface area contributed by atoms with Crippen LogP contribution >= 0.6 is 0 Å². The number of nitro groups is 1. The first-order valence-corrected chi connectivity index (χ1v) is 10.6. The van der Waals surface area contributed by atoms with E-state index < -0.39 is 28.1 Å². The van der Waals surface area contributed by atoms with E-state index in [4.69, 9.17) is 14.2 Å². The van der Waals surface area contributed by atoms with E-state index in [1.54, 1.807) is 6.92 Å². The zero-order chi connectivity index (χ0) is 24.9. The Balaban J connectivity index is 2.06. The summed E-state index contributed by atoms with van der Waals surface area (Å²) in [6.45, 7) is 5.32. The van der Waals surface area contributed by atoms with Gasteiger partial charge in [0.15, 0.2) is 11.5 Å². The summed E-state index contributed by atoms with van der Waals surface area (Å²) in [4.78, 5) is 50.6. The second-order valence-corrected chi connectivity index (χ2v) is 8.58. The number of hydrogen-bond acceptors (Lipinski definition) is 9. The minimum Gasteiger partial charge on any atom is -0.462 e. The van der Waals surface area contributed by atoms with Crippen molar-refractivity contribution in [1.29, 1.82) is 0 Å². The number of esters is 1. The molecule has 1 aromatic carbocycles. The molecule has 3 heterocycles. The van der Waals surface area contributed by atoms with Gasteiger partial charge < -0.3 is 19.5 Å². The van der Waals surface area contributed by atoms with E-state index in [9.17, 15) is 24.5 Å². The molecule has 0 fully saturated rings. The third-order valence-electron chi connectivity index (χ3n) is 5.78. The molecule has 0 saturated heterocycles. The molecular formula is C22H24N4O8. The summed E-state index contributed by atoms with van der Waals surface area (Å²) in [5.41, 5.74) is -1.25. The highest BCUT2D eigenvalue weighted by Gasteiger charge is 2.41. The molecular weight excluding hydrogens is 448 g/mol. The Bertz CT molecular complexity index is 1370. The molecule has 0 bridgehead atoms. The fourth-order valence-corrected chi connectivity index (χ4v) is 4.13. The third kappa shape index (κ3) is 3.60. The normalized spacial score (nSPS) is 16.4. The molecule has 0 spiro atoms. The first-order chi connectivity index (χ1) is 16.0. The molecule has 0 saturated carbocycles. The molecule has 1 N–H and O–H groups in total. The molecule has 4 rings (SSSR count). The van der Waals surface area contributed by atoms with Crippen molar-refractivity contribution in [2.45, 2.75) is 26.7 Å². The molecule has 0 amide bonds. The molecule has 0 aliphatic carbocycles. The number of carbonyl (C=O) groups is 1. The number of nitro benzene ring substituents is 1. The second kappa shape index (κ2) is 8.36. The van der Waals surface area contributed by atoms with Crippen LogP contribution in [-0.4, -0.2) is 33.4 Å². The highest BCUT2D eigenvalue weighted by molar-refractivity contribution is 5.95. The summed E-state index contributed by atoms with van der Waals surface area (Å²) in [6.07, 6.45) is 0. The smallest absolute Gasteiger partial charge is 0.336 e. The van der Waals surface area contributed by atoms with E-state index >= 15 is 0 Å². The van der Waals surface area contributed by atoms with Crippen molar-refractivity contribution in [2.75, 3.05) is 18.7 Å². The maximum atomic E-state index is 13.3. The van der Waals surface area contributed by atoms with Crippen LogP contribution in [0.3, 0.4) is 0 Å². The highest BCUT2D eigenvalue weighted by atomic mass is 16.7. The Kier molecular flexibility index (Phi) is 5.67. The molecule has 12 heteroatoms. The zero-order valence-corrected chi connectivity index (χ0v) is 19.3. The van der Waals surface area contributed by atoms with Gasteiger partial charge in [0.05, 0.1) is 34.7 Å². The Hall–Kier alpha value is -4.09. The number of ether oxygens (including phenoxy) is 3. The minimum absolute atomic E-state index is 0.00802. The van der Waals surface area contributed by atoms with Crippen molar-refractivity contribution in [1.82, 2.24) is 9.13 Å². The monoisotopic (exact) mass is 472 g/mol. The number of hydrogen-bond donors (Lipinski definition) is 1. The maximum Gasteiger partial charge on any atom is 0.336 e. The van der Waals surface area contributed by atoms with Crippen molar-refractivity contribution in [2.24, 2.45) is 20.0 Å². The number of nitrogens with zero attached hydrogens (tertiary/aromatic N) is 3. The van der Waals surface area contributed by atoms with E-state index in [1.165, 1.54) is 30.8 Å². The molecule has 0 radical (unpaired) electrons. The van der Waals surface area contributed by atoms with E-state index in [0.717, 1.165) is 4.57 Å². The topological polar surface area (TPSA) is 144 Å². The number of fused-ring (bicyclic) bond motifs is 2. The number of allylic oxidation sites excluding steroid dienone is 1. The number of nitrogens with one attached hydrogen (secondary N) is 1. The largest absolute Gasteiger partial charge is 0.462 e. The molecule has 2 aliphatic rings. The van der Waals surface area contributed by atoms with Crippen LogP contribution in [0.25, 0.3) is 0 Å². The SMILES string of the molecule is CC1=C(C(=O)OCC(C)C)C(c2cc3c(cc2[N+](=O)[O-])OCO3)c2c(n(C)c(=O)n(C)c2=O)N1. The average molecular weight is 472 g/mol. The van der Waals surface area contributed by atoms with Crippen LogP contribution < -0.4 is 26.0 Å². The summed E-state index contributed by atoms with van der Waals surface area (Å²) >= 11 is 0. The molecule has 1 atom stereocenters. The molecule has 2 aromatic rings. The van der Waals surface area contributed by atoms with Crippen molar-refractivity contribution in [3.63, 3.8) is 0 Å². The molecule has 34 heavy (non-hydrogen) atoms. The van der Waals surface area contributed by atoms with Gasteiger partial charge in [-0.2, -0.15) is 0 Å². The van der Waals surface area contributed by atoms with Gasteiger partial charge in [0.25, 0.3) is 11.2 Å². The van der Waals surface area contributed by atoms with Crippen LogP contribution in [0.4, 0.5) is 11.5 Å². The van der Waals surface area contributed by atoms with Crippen molar-refractivity contribution < 1.29 is 23.9 Å². The van der Waals surface area contributed by atoms with E-state index in [1.807, 2.05) is 13.8 Å². The van der Waals surface area contributed by atoms with Gasteiger partial charge in [0, 0.05) is 25.4 Å². The maximum absolute atomic E-state index is 13.3. The second-order valence-electron chi connectivity index (χ2n) is 8.58. The molecule has 1 unspecified atom stereocenters. The third-order valence-corrected chi connectivity index (χ3v) is 5.78.